The normalized spacial score (nSPS) is 21.0. The summed E-state index contributed by atoms with van der Waals surface area (Å²) in [6.07, 6.45) is 5.52. The topological polar surface area (TPSA) is 56.8 Å². The van der Waals surface area contributed by atoms with Crippen LogP contribution in [-0.2, 0) is 4.79 Å². The molecule has 3 rings (SSSR count). The average molecular weight is 393 g/mol. The van der Waals surface area contributed by atoms with Crippen LogP contribution in [0.4, 0.5) is 0 Å². The molecule has 7 heteroatoms. The largest absolute Gasteiger partial charge is 0.338 e. The number of nitrogens with zero attached hydrogens (tertiary/aromatic N) is 4. The summed E-state index contributed by atoms with van der Waals surface area (Å²) in [6.45, 7) is 9.55. The van der Waals surface area contributed by atoms with Crippen LogP contribution in [0.15, 0.2) is 10.9 Å². The van der Waals surface area contributed by atoms with Gasteiger partial charge in [0.1, 0.15) is 5.69 Å². The van der Waals surface area contributed by atoms with Crippen LogP contribution in [0, 0.1) is 5.92 Å². The molecule has 0 spiro atoms. The minimum Gasteiger partial charge on any atom is -0.338 e. The molecule has 2 amide bonds. The second-order valence-corrected chi connectivity index (χ2v) is 8.73. The molecule has 0 saturated carbocycles. The summed E-state index contributed by atoms with van der Waals surface area (Å²) < 4.78 is 0. The molecule has 0 aromatic carbocycles. The van der Waals surface area contributed by atoms with Crippen LogP contribution < -0.4 is 0 Å². The van der Waals surface area contributed by atoms with Crippen LogP contribution in [0.25, 0.3) is 0 Å². The van der Waals surface area contributed by atoms with Gasteiger partial charge in [-0.25, -0.2) is 4.98 Å². The maximum absolute atomic E-state index is 12.9. The monoisotopic (exact) mass is 392 g/mol. The van der Waals surface area contributed by atoms with Crippen molar-refractivity contribution in [3.05, 3.63) is 16.6 Å². The van der Waals surface area contributed by atoms with Crippen LogP contribution in [0.5, 0.6) is 0 Å². The first kappa shape index (κ1) is 20.3. The summed E-state index contributed by atoms with van der Waals surface area (Å²) in [7, 11) is 0. The summed E-state index contributed by atoms with van der Waals surface area (Å²) >= 11 is 1.44. The van der Waals surface area contributed by atoms with E-state index in [2.05, 4.69) is 14.8 Å². The zero-order valence-corrected chi connectivity index (χ0v) is 17.4. The van der Waals surface area contributed by atoms with Crippen LogP contribution >= 0.6 is 11.3 Å². The lowest BCUT2D eigenvalue weighted by molar-refractivity contribution is -0.138. The fourth-order valence-electron chi connectivity index (χ4n) is 4.15. The van der Waals surface area contributed by atoms with E-state index in [4.69, 9.17) is 0 Å². The van der Waals surface area contributed by atoms with Gasteiger partial charge in [0.05, 0.1) is 5.51 Å². The summed E-state index contributed by atoms with van der Waals surface area (Å²) in [4.78, 5) is 36.1. The number of piperidine rings is 1. The van der Waals surface area contributed by atoms with E-state index in [0.29, 0.717) is 12.2 Å². The highest BCUT2D eigenvalue weighted by molar-refractivity contribution is 7.07. The Kier molecular flexibility index (Phi) is 7.24. The molecule has 1 unspecified atom stereocenters. The average Bonchev–Trinajstić information content (AvgIpc) is 3.38. The standard InChI is InChI=1S/C20H32N4O2S/c1-16(2)19(25)24(12-6-10-22-8-3-4-9-22)17-7-5-11-23(13-17)20(26)18-14-27-15-21-18/h14-17H,3-13H2,1-2H3. The molecule has 1 atom stereocenters. The molecular formula is C20H32N4O2S. The van der Waals surface area contributed by atoms with Crippen LogP contribution in [0.3, 0.4) is 0 Å². The third-order valence-corrected chi connectivity index (χ3v) is 6.21. The number of aromatic nitrogens is 1. The second-order valence-electron chi connectivity index (χ2n) is 8.01. The van der Waals surface area contributed by atoms with Gasteiger partial charge in [0.2, 0.25) is 5.91 Å². The van der Waals surface area contributed by atoms with Gasteiger partial charge in [-0.2, -0.15) is 0 Å². The van der Waals surface area contributed by atoms with Gasteiger partial charge in [-0.3, -0.25) is 9.59 Å². The Morgan fingerprint density at radius 2 is 2.04 bits per heavy atom. The number of carbonyl (C=O) groups is 2. The van der Waals surface area contributed by atoms with Crippen LogP contribution in [0.2, 0.25) is 0 Å². The van der Waals surface area contributed by atoms with E-state index < -0.39 is 0 Å². The number of hydrogen-bond donors (Lipinski definition) is 0. The summed E-state index contributed by atoms with van der Waals surface area (Å²) in [5.41, 5.74) is 2.22. The van der Waals surface area contributed by atoms with Gasteiger partial charge >= 0.3 is 0 Å². The Hall–Kier alpha value is -1.47. The fraction of sp³-hybridized carbons (Fsp3) is 0.750. The van der Waals surface area contributed by atoms with Crippen molar-refractivity contribution in [1.82, 2.24) is 19.7 Å². The van der Waals surface area contributed by atoms with Gasteiger partial charge in [0, 0.05) is 37.0 Å². The number of amides is 2. The van der Waals surface area contributed by atoms with Crippen molar-refractivity contribution >= 4 is 23.2 Å². The molecule has 0 radical (unpaired) electrons. The number of likely N-dealkylation sites (tertiary alicyclic amines) is 2. The molecule has 150 valence electrons. The summed E-state index contributed by atoms with van der Waals surface area (Å²) in [5.74, 6) is 0.195. The van der Waals surface area contributed by atoms with E-state index >= 15 is 0 Å². The van der Waals surface area contributed by atoms with Gasteiger partial charge in [0.25, 0.3) is 5.91 Å². The minimum atomic E-state index is -0.0126. The Labute approximate surface area is 166 Å². The van der Waals surface area contributed by atoms with E-state index in [-0.39, 0.29) is 23.8 Å². The van der Waals surface area contributed by atoms with Crippen molar-refractivity contribution in [2.45, 2.75) is 52.0 Å². The first-order chi connectivity index (χ1) is 13.1. The molecule has 2 aliphatic heterocycles. The molecular weight excluding hydrogens is 360 g/mol. The fourth-order valence-corrected chi connectivity index (χ4v) is 4.67. The molecule has 1 aromatic heterocycles. The Bertz CT molecular complexity index is 614. The van der Waals surface area contributed by atoms with Crippen molar-refractivity contribution in [2.24, 2.45) is 5.92 Å². The maximum Gasteiger partial charge on any atom is 0.273 e. The lowest BCUT2D eigenvalue weighted by Crippen LogP contribution is -2.53. The lowest BCUT2D eigenvalue weighted by atomic mass is 10.0. The van der Waals surface area contributed by atoms with Crippen molar-refractivity contribution < 1.29 is 9.59 Å². The van der Waals surface area contributed by atoms with Crippen molar-refractivity contribution in [2.75, 3.05) is 39.3 Å². The molecule has 2 saturated heterocycles. The Balaban J connectivity index is 1.61. The van der Waals surface area contributed by atoms with E-state index in [1.54, 1.807) is 10.9 Å². The van der Waals surface area contributed by atoms with Crippen molar-refractivity contribution in [3.63, 3.8) is 0 Å². The molecule has 0 aliphatic carbocycles. The van der Waals surface area contributed by atoms with Gasteiger partial charge < -0.3 is 14.7 Å². The maximum atomic E-state index is 12.9. The number of carbonyl (C=O) groups excluding carboxylic acids is 2. The van der Waals surface area contributed by atoms with Crippen molar-refractivity contribution in [1.29, 1.82) is 0 Å². The molecule has 2 aliphatic rings. The van der Waals surface area contributed by atoms with Gasteiger partial charge in [-0.1, -0.05) is 13.8 Å². The molecule has 3 heterocycles. The molecule has 0 N–H and O–H groups in total. The molecule has 1 aromatic rings. The predicted octanol–water partition coefficient (Wildman–Crippen LogP) is 2.72. The summed E-state index contributed by atoms with van der Waals surface area (Å²) in [5, 5.41) is 1.80. The number of rotatable bonds is 7. The van der Waals surface area contributed by atoms with Crippen LogP contribution in [0.1, 0.15) is 56.4 Å². The van der Waals surface area contributed by atoms with Crippen molar-refractivity contribution in [3.8, 4) is 0 Å². The Morgan fingerprint density at radius 1 is 1.26 bits per heavy atom. The molecule has 6 nitrogen and oxygen atoms in total. The number of thiazole rings is 1. The van der Waals surface area contributed by atoms with Gasteiger partial charge in [-0.15, -0.1) is 11.3 Å². The predicted molar refractivity (Wildman–Crippen MR) is 108 cm³/mol. The molecule has 0 bridgehead atoms. The third kappa shape index (κ3) is 5.29. The van der Waals surface area contributed by atoms with E-state index in [9.17, 15) is 9.59 Å². The highest BCUT2D eigenvalue weighted by Gasteiger charge is 2.32. The van der Waals surface area contributed by atoms with Crippen LogP contribution in [-0.4, -0.2) is 76.8 Å². The lowest BCUT2D eigenvalue weighted by Gasteiger charge is -2.40. The van der Waals surface area contributed by atoms with E-state index in [1.807, 2.05) is 18.7 Å². The third-order valence-electron chi connectivity index (χ3n) is 5.62. The molecule has 27 heavy (non-hydrogen) atoms. The number of hydrogen-bond acceptors (Lipinski definition) is 5. The minimum absolute atomic E-state index is 0.00466. The van der Waals surface area contributed by atoms with Gasteiger partial charge in [-0.05, 0) is 51.7 Å². The zero-order chi connectivity index (χ0) is 19.2. The van der Waals surface area contributed by atoms with E-state index in [1.165, 1.54) is 37.3 Å². The quantitative estimate of drug-likeness (QED) is 0.716. The highest BCUT2D eigenvalue weighted by Crippen LogP contribution is 2.21. The first-order valence-electron chi connectivity index (χ1n) is 10.3. The van der Waals surface area contributed by atoms with E-state index in [0.717, 1.165) is 38.9 Å². The first-order valence-corrected chi connectivity index (χ1v) is 11.2. The Morgan fingerprint density at radius 3 is 2.70 bits per heavy atom. The summed E-state index contributed by atoms with van der Waals surface area (Å²) in [6, 6.07) is 0.120. The SMILES string of the molecule is CC(C)C(=O)N(CCCN1CCCC1)C1CCCN(C(=O)c2cscn2)C1. The van der Waals surface area contributed by atoms with Gasteiger partial charge in [0.15, 0.2) is 0 Å². The zero-order valence-electron chi connectivity index (χ0n) is 16.6. The highest BCUT2D eigenvalue weighted by atomic mass is 32.1. The molecule has 2 fully saturated rings. The second kappa shape index (κ2) is 9.64. The smallest absolute Gasteiger partial charge is 0.273 e.